The van der Waals surface area contributed by atoms with Crippen LogP contribution < -0.4 is 0 Å². The van der Waals surface area contributed by atoms with Gasteiger partial charge in [0.05, 0.1) is 35.2 Å². The molecular formula is C23H19ClN2O6S2. The summed E-state index contributed by atoms with van der Waals surface area (Å²) < 4.78 is 25.8. The lowest BCUT2D eigenvalue weighted by molar-refractivity contribution is -0.136. The molecule has 0 radical (unpaired) electrons. The molecule has 3 aromatic heterocycles. The predicted molar refractivity (Wildman–Crippen MR) is 129 cm³/mol. The Bertz CT molecular complexity index is 1540. The molecule has 1 aliphatic rings. The van der Waals surface area contributed by atoms with E-state index in [9.17, 15) is 23.4 Å². The summed E-state index contributed by atoms with van der Waals surface area (Å²) in [6, 6.07) is 9.74. The van der Waals surface area contributed by atoms with Gasteiger partial charge in [0, 0.05) is 28.0 Å². The van der Waals surface area contributed by atoms with Crippen LogP contribution in [0.15, 0.2) is 36.4 Å². The van der Waals surface area contributed by atoms with Crippen molar-refractivity contribution in [1.29, 1.82) is 0 Å². The van der Waals surface area contributed by atoms with Crippen LogP contribution in [0.4, 0.5) is 0 Å². The Hall–Kier alpha value is -3.08. The van der Waals surface area contributed by atoms with Gasteiger partial charge in [-0.15, -0.1) is 11.3 Å². The third kappa shape index (κ3) is 4.02. The molecule has 0 bridgehead atoms. The fraction of sp³-hybridized carbons (Fsp3) is 0.217. The molecule has 3 N–H and O–H groups in total. The van der Waals surface area contributed by atoms with Crippen LogP contribution in [0.3, 0.4) is 0 Å². The van der Waals surface area contributed by atoms with Gasteiger partial charge in [0.15, 0.2) is 21.6 Å². The highest BCUT2D eigenvalue weighted by Crippen LogP contribution is 2.45. The number of carboxylic acid groups (broad SMARTS) is 1. The number of rotatable bonds is 5. The number of nitrogens with zero attached hydrogens (tertiary/aromatic N) is 2. The Labute approximate surface area is 203 Å². The van der Waals surface area contributed by atoms with Crippen LogP contribution in [0.2, 0.25) is 5.02 Å². The lowest BCUT2D eigenvalue weighted by Gasteiger charge is -2.16. The first-order valence-corrected chi connectivity index (χ1v) is 13.4. The highest BCUT2D eigenvalue weighted by Gasteiger charge is 2.29. The molecule has 4 heterocycles. The van der Waals surface area contributed by atoms with Gasteiger partial charge in [0.1, 0.15) is 4.83 Å². The van der Waals surface area contributed by atoms with Crippen molar-refractivity contribution in [2.45, 2.75) is 25.1 Å². The lowest BCUT2D eigenvalue weighted by atomic mass is 9.96. The fourth-order valence-corrected chi connectivity index (χ4v) is 7.63. The van der Waals surface area contributed by atoms with Gasteiger partial charge in [0.2, 0.25) is 0 Å². The van der Waals surface area contributed by atoms with E-state index in [1.807, 2.05) is 0 Å². The second-order valence-electron chi connectivity index (χ2n) is 8.18. The van der Waals surface area contributed by atoms with Gasteiger partial charge in [-0.3, -0.25) is 9.36 Å². The first-order chi connectivity index (χ1) is 16.1. The topological polar surface area (TPSA) is 130 Å². The fourth-order valence-electron chi connectivity index (χ4n) is 4.27. The van der Waals surface area contributed by atoms with Crippen LogP contribution >= 0.6 is 22.9 Å². The van der Waals surface area contributed by atoms with Crippen molar-refractivity contribution < 1.29 is 28.5 Å². The predicted octanol–water partition coefficient (Wildman–Crippen LogP) is 3.98. The minimum Gasteiger partial charge on any atom is -0.494 e. The maximum absolute atomic E-state index is 12.2. The molecule has 176 valence electrons. The number of carboxylic acids is 1. The van der Waals surface area contributed by atoms with Crippen molar-refractivity contribution in [2.75, 3.05) is 5.75 Å². The molecule has 34 heavy (non-hydrogen) atoms. The Balaban J connectivity index is 1.73. The number of aromatic nitrogens is 2. The van der Waals surface area contributed by atoms with Gasteiger partial charge >= 0.3 is 5.97 Å². The van der Waals surface area contributed by atoms with E-state index in [0.29, 0.717) is 33.1 Å². The standard InChI is InChI=1S/C23H19ClN2O6S2/c24-22-15(10-26-17(27)5-6-18(26)28)25-23-21(14-7-8-34(31,32)11-16(14)33-23)20(22)13-3-1-12(2-4-13)9-19(29)30/h1-6,27-28H,7-11H2,(H,29,30). The van der Waals surface area contributed by atoms with E-state index in [1.54, 1.807) is 24.3 Å². The van der Waals surface area contributed by atoms with E-state index in [1.165, 1.54) is 28.0 Å². The number of fused-ring (bicyclic) bond motifs is 3. The van der Waals surface area contributed by atoms with E-state index in [4.69, 9.17) is 21.7 Å². The SMILES string of the molecule is O=C(O)Cc1ccc(-c2c(Cl)c(Cn3c(O)ccc3O)nc3sc4c(c23)CCS(=O)(=O)C4)cc1. The summed E-state index contributed by atoms with van der Waals surface area (Å²) in [5.41, 5.74) is 3.36. The van der Waals surface area contributed by atoms with Crippen LogP contribution in [0, 0.1) is 0 Å². The summed E-state index contributed by atoms with van der Waals surface area (Å²) in [5.74, 6) is -1.23. The normalized spacial score (nSPS) is 14.9. The number of aryl methyl sites for hydroxylation is 1. The zero-order chi connectivity index (χ0) is 24.2. The molecule has 0 atom stereocenters. The van der Waals surface area contributed by atoms with Gasteiger partial charge in [0.25, 0.3) is 0 Å². The van der Waals surface area contributed by atoms with Crippen LogP contribution in [0.25, 0.3) is 21.3 Å². The van der Waals surface area contributed by atoms with Crippen LogP contribution in [-0.4, -0.2) is 45.0 Å². The van der Waals surface area contributed by atoms with Crippen molar-refractivity contribution in [2.24, 2.45) is 0 Å². The van der Waals surface area contributed by atoms with Crippen molar-refractivity contribution >= 4 is 49.0 Å². The van der Waals surface area contributed by atoms with Crippen LogP contribution in [-0.2, 0) is 39.8 Å². The monoisotopic (exact) mass is 518 g/mol. The summed E-state index contributed by atoms with van der Waals surface area (Å²) in [7, 11) is -3.19. The zero-order valence-electron chi connectivity index (χ0n) is 17.7. The van der Waals surface area contributed by atoms with Gasteiger partial charge < -0.3 is 15.3 Å². The van der Waals surface area contributed by atoms with Gasteiger partial charge in [-0.25, -0.2) is 13.4 Å². The molecule has 0 aliphatic carbocycles. The summed E-state index contributed by atoms with van der Waals surface area (Å²) in [4.78, 5) is 17.1. The number of aromatic hydroxyl groups is 2. The summed E-state index contributed by atoms with van der Waals surface area (Å²) in [6.07, 6.45) is 0.251. The molecule has 1 aromatic carbocycles. The molecule has 0 spiro atoms. The average Bonchev–Trinajstić information content (AvgIpc) is 3.27. The number of halogens is 1. The van der Waals surface area contributed by atoms with Gasteiger partial charge in [-0.1, -0.05) is 35.9 Å². The first kappa shape index (κ1) is 22.7. The molecule has 1 aliphatic heterocycles. The lowest BCUT2D eigenvalue weighted by Crippen LogP contribution is -2.17. The number of thiophene rings is 1. The maximum atomic E-state index is 12.2. The van der Waals surface area contributed by atoms with E-state index in [2.05, 4.69) is 0 Å². The third-order valence-electron chi connectivity index (χ3n) is 5.89. The Morgan fingerprint density at radius 3 is 2.44 bits per heavy atom. The molecule has 0 amide bonds. The molecule has 0 saturated carbocycles. The number of benzene rings is 1. The van der Waals surface area contributed by atoms with Crippen molar-refractivity contribution in [3.63, 3.8) is 0 Å². The highest BCUT2D eigenvalue weighted by atomic mass is 35.5. The minimum atomic E-state index is -3.19. The third-order valence-corrected chi connectivity index (χ3v) is 9.16. The minimum absolute atomic E-state index is 0.00437. The molecule has 5 rings (SSSR count). The zero-order valence-corrected chi connectivity index (χ0v) is 20.0. The molecule has 0 saturated heterocycles. The van der Waals surface area contributed by atoms with Gasteiger partial charge in [-0.05, 0) is 23.1 Å². The van der Waals surface area contributed by atoms with E-state index in [0.717, 1.165) is 21.4 Å². The smallest absolute Gasteiger partial charge is 0.307 e. The van der Waals surface area contributed by atoms with Crippen LogP contribution in [0.5, 0.6) is 11.8 Å². The van der Waals surface area contributed by atoms with E-state index >= 15 is 0 Å². The van der Waals surface area contributed by atoms with E-state index in [-0.39, 0.29) is 36.2 Å². The molecule has 0 fully saturated rings. The Morgan fingerprint density at radius 1 is 1.12 bits per heavy atom. The number of carbonyl (C=O) groups is 1. The number of aliphatic carboxylic acids is 1. The summed E-state index contributed by atoms with van der Waals surface area (Å²) in [6.45, 7) is 0.00437. The number of hydrogen-bond acceptors (Lipinski definition) is 7. The second kappa shape index (κ2) is 8.30. The molecule has 8 nitrogen and oxygen atoms in total. The molecule has 0 unspecified atom stereocenters. The number of sulfone groups is 1. The molecule has 11 heteroatoms. The molecule has 4 aromatic rings. The van der Waals surface area contributed by atoms with Crippen molar-refractivity contribution in [1.82, 2.24) is 9.55 Å². The Kier molecular flexibility index (Phi) is 5.54. The average molecular weight is 519 g/mol. The summed E-state index contributed by atoms with van der Waals surface area (Å²) >= 11 is 8.18. The number of hydrogen-bond donors (Lipinski definition) is 3. The second-order valence-corrected chi connectivity index (χ2v) is 11.8. The largest absolute Gasteiger partial charge is 0.494 e. The van der Waals surface area contributed by atoms with Gasteiger partial charge in [-0.2, -0.15) is 0 Å². The van der Waals surface area contributed by atoms with Crippen molar-refractivity contribution in [3.05, 3.63) is 63.1 Å². The summed E-state index contributed by atoms with van der Waals surface area (Å²) in [5, 5.41) is 30.4. The van der Waals surface area contributed by atoms with Crippen molar-refractivity contribution in [3.8, 4) is 22.9 Å². The maximum Gasteiger partial charge on any atom is 0.307 e. The first-order valence-electron chi connectivity index (χ1n) is 10.3. The highest BCUT2D eigenvalue weighted by molar-refractivity contribution is 7.90. The van der Waals surface area contributed by atoms with Crippen LogP contribution in [0.1, 0.15) is 21.7 Å². The quantitative estimate of drug-likeness (QED) is 0.364. The number of pyridine rings is 1. The van der Waals surface area contributed by atoms with E-state index < -0.39 is 15.8 Å². The Morgan fingerprint density at radius 2 is 1.79 bits per heavy atom. The molecular weight excluding hydrogens is 500 g/mol.